The van der Waals surface area contributed by atoms with Crippen molar-refractivity contribution in [3.63, 3.8) is 0 Å². The van der Waals surface area contributed by atoms with E-state index < -0.39 is 0 Å². The first-order chi connectivity index (χ1) is 12.5. The third-order valence-electron chi connectivity index (χ3n) is 4.34. The van der Waals surface area contributed by atoms with Gasteiger partial charge in [-0.15, -0.1) is 0 Å². The molecule has 0 saturated carbocycles. The summed E-state index contributed by atoms with van der Waals surface area (Å²) in [6.45, 7) is 4.96. The summed E-state index contributed by atoms with van der Waals surface area (Å²) in [6, 6.07) is 11.2. The van der Waals surface area contributed by atoms with Crippen molar-refractivity contribution in [2.75, 3.05) is 18.5 Å². The Kier molecular flexibility index (Phi) is 5.56. The number of amides is 1. The van der Waals surface area contributed by atoms with E-state index in [1.165, 1.54) is 0 Å². The zero-order valence-corrected chi connectivity index (χ0v) is 15.1. The van der Waals surface area contributed by atoms with Crippen LogP contribution in [0.15, 0.2) is 36.4 Å². The lowest BCUT2D eigenvalue weighted by molar-refractivity contribution is -0.116. The molecule has 1 heterocycles. The molecule has 2 aromatic carbocycles. The van der Waals surface area contributed by atoms with Crippen LogP contribution in [0.3, 0.4) is 0 Å². The summed E-state index contributed by atoms with van der Waals surface area (Å²) in [7, 11) is 0. The highest BCUT2D eigenvalue weighted by Gasteiger charge is 2.15. The van der Waals surface area contributed by atoms with Gasteiger partial charge in [-0.05, 0) is 55.7 Å². The van der Waals surface area contributed by atoms with Gasteiger partial charge in [0.15, 0.2) is 17.3 Å². The maximum Gasteiger partial charge on any atom is 0.224 e. The lowest BCUT2D eigenvalue weighted by Crippen LogP contribution is -2.16. The number of anilines is 1. The van der Waals surface area contributed by atoms with E-state index >= 15 is 0 Å². The Balaban J connectivity index is 1.50. The van der Waals surface area contributed by atoms with Crippen LogP contribution in [0.1, 0.15) is 40.7 Å². The van der Waals surface area contributed by atoms with Crippen molar-refractivity contribution in [3.05, 3.63) is 53.1 Å². The number of ether oxygens (including phenoxy) is 2. The van der Waals surface area contributed by atoms with Gasteiger partial charge < -0.3 is 14.8 Å². The molecule has 1 aliphatic heterocycles. The normalized spacial score (nSPS) is 12.5. The molecule has 0 spiro atoms. The summed E-state index contributed by atoms with van der Waals surface area (Å²) in [5, 5.41) is 2.92. The van der Waals surface area contributed by atoms with Gasteiger partial charge in [-0.2, -0.15) is 0 Å². The average molecular weight is 353 g/mol. The molecule has 0 unspecified atom stereocenters. The second kappa shape index (κ2) is 8.04. The molecule has 26 heavy (non-hydrogen) atoms. The summed E-state index contributed by atoms with van der Waals surface area (Å²) in [4.78, 5) is 24.5. The number of fused-ring (bicyclic) bond motifs is 1. The Morgan fingerprint density at radius 3 is 2.54 bits per heavy atom. The first-order valence-corrected chi connectivity index (χ1v) is 8.83. The van der Waals surface area contributed by atoms with Crippen LogP contribution in [0.25, 0.3) is 0 Å². The number of hydrogen-bond donors (Lipinski definition) is 1. The van der Waals surface area contributed by atoms with Gasteiger partial charge in [0.1, 0.15) is 13.2 Å². The minimum absolute atomic E-state index is 0.00140. The van der Waals surface area contributed by atoms with E-state index in [0.717, 1.165) is 16.8 Å². The zero-order valence-electron chi connectivity index (χ0n) is 15.1. The van der Waals surface area contributed by atoms with E-state index in [4.69, 9.17) is 9.47 Å². The maximum absolute atomic E-state index is 12.3. The SMILES string of the molecule is Cc1ccc(C)c(NC(=O)CCCC(=O)c2ccc3c(c2)OCCO3)c1. The molecule has 2 aromatic rings. The summed E-state index contributed by atoms with van der Waals surface area (Å²) >= 11 is 0. The fourth-order valence-corrected chi connectivity index (χ4v) is 2.85. The molecule has 0 aromatic heterocycles. The Morgan fingerprint density at radius 2 is 1.73 bits per heavy atom. The van der Waals surface area contributed by atoms with Crippen molar-refractivity contribution >= 4 is 17.4 Å². The van der Waals surface area contributed by atoms with Gasteiger partial charge >= 0.3 is 0 Å². The highest BCUT2D eigenvalue weighted by atomic mass is 16.6. The quantitative estimate of drug-likeness (QED) is 0.795. The molecular weight excluding hydrogens is 330 g/mol. The minimum Gasteiger partial charge on any atom is -0.486 e. The number of hydrogen-bond acceptors (Lipinski definition) is 4. The Labute approximate surface area is 153 Å². The Hall–Kier alpha value is -2.82. The minimum atomic E-state index is -0.0753. The van der Waals surface area contributed by atoms with Crippen LogP contribution in [-0.2, 0) is 4.79 Å². The summed E-state index contributed by atoms with van der Waals surface area (Å²) in [5.41, 5.74) is 3.54. The smallest absolute Gasteiger partial charge is 0.224 e. The number of nitrogens with one attached hydrogen (secondary N) is 1. The average Bonchev–Trinajstić information content (AvgIpc) is 2.64. The van der Waals surface area contributed by atoms with Gasteiger partial charge in [0.25, 0.3) is 0 Å². The van der Waals surface area contributed by atoms with Crippen molar-refractivity contribution < 1.29 is 19.1 Å². The van der Waals surface area contributed by atoms with Crippen molar-refractivity contribution in [2.24, 2.45) is 0 Å². The fourth-order valence-electron chi connectivity index (χ4n) is 2.85. The van der Waals surface area contributed by atoms with Crippen LogP contribution >= 0.6 is 0 Å². The van der Waals surface area contributed by atoms with Gasteiger partial charge in [0, 0.05) is 24.1 Å². The molecule has 3 rings (SSSR count). The summed E-state index contributed by atoms with van der Waals surface area (Å²) in [6.07, 6.45) is 1.13. The van der Waals surface area contributed by atoms with Crippen molar-refractivity contribution in [1.29, 1.82) is 0 Å². The maximum atomic E-state index is 12.3. The third-order valence-corrected chi connectivity index (χ3v) is 4.34. The molecule has 0 saturated heterocycles. The summed E-state index contributed by atoms with van der Waals surface area (Å²) < 4.78 is 11.0. The van der Waals surface area contributed by atoms with Crippen molar-refractivity contribution in [1.82, 2.24) is 0 Å². The Morgan fingerprint density at radius 1 is 0.962 bits per heavy atom. The predicted octanol–water partition coefficient (Wildman–Crippen LogP) is 4.07. The molecule has 136 valence electrons. The first kappa shape index (κ1) is 18.0. The van der Waals surface area contributed by atoms with E-state index in [0.29, 0.717) is 49.5 Å². The molecule has 0 aliphatic carbocycles. The number of rotatable bonds is 6. The molecule has 5 heteroatoms. The van der Waals surface area contributed by atoms with Gasteiger partial charge in [0.05, 0.1) is 0 Å². The van der Waals surface area contributed by atoms with Crippen LogP contribution in [-0.4, -0.2) is 24.9 Å². The third kappa shape index (κ3) is 4.42. The van der Waals surface area contributed by atoms with Crippen LogP contribution in [0.2, 0.25) is 0 Å². The van der Waals surface area contributed by atoms with Crippen LogP contribution in [0, 0.1) is 13.8 Å². The van der Waals surface area contributed by atoms with Crippen LogP contribution in [0.5, 0.6) is 11.5 Å². The van der Waals surface area contributed by atoms with Gasteiger partial charge in [-0.25, -0.2) is 0 Å². The molecular formula is C21H23NO4. The number of Topliss-reactive ketones (excluding diaryl/α,β-unsaturated/α-hetero) is 1. The van der Waals surface area contributed by atoms with Crippen LogP contribution in [0.4, 0.5) is 5.69 Å². The molecule has 1 N–H and O–H groups in total. The lowest BCUT2D eigenvalue weighted by atomic mass is 10.0. The lowest BCUT2D eigenvalue weighted by Gasteiger charge is -2.18. The van der Waals surface area contributed by atoms with Gasteiger partial charge in [-0.3, -0.25) is 9.59 Å². The molecule has 1 aliphatic rings. The second-order valence-corrected chi connectivity index (χ2v) is 6.50. The monoisotopic (exact) mass is 353 g/mol. The molecule has 0 atom stereocenters. The molecule has 0 fully saturated rings. The van der Waals surface area contributed by atoms with E-state index in [1.54, 1.807) is 18.2 Å². The highest BCUT2D eigenvalue weighted by Crippen LogP contribution is 2.31. The van der Waals surface area contributed by atoms with Crippen LogP contribution < -0.4 is 14.8 Å². The van der Waals surface area contributed by atoms with Crippen molar-refractivity contribution in [3.8, 4) is 11.5 Å². The first-order valence-electron chi connectivity index (χ1n) is 8.83. The van der Waals surface area contributed by atoms with E-state index in [2.05, 4.69) is 5.32 Å². The standard InChI is InChI=1S/C21H23NO4/c1-14-6-7-15(2)17(12-14)22-21(24)5-3-4-18(23)16-8-9-19-20(13-16)26-11-10-25-19/h6-9,12-13H,3-5,10-11H2,1-2H3,(H,22,24). The zero-order chi connectivity index (χ0) is 18.5. The van der Waals surface area contributed by atoms with E-state index in [1.807, 2.05) is 32.0 Å². The number of carbonyl (C=O) groups is 2. The molecule has 0 bridgehead atoms. The van der Waals surface area contributed by atoms with Crippen molar-refractivity contribution in [2.45, 2.75) is 33.1 Å². The fraction of sp³-hybridized carbons (Fsp3) is 0.333. The molecule has 1 amide bonds. The number of benzene rings is 2. The number of ketones is 1. The predicted molar refractivity (Wildman–Crippen MR) is 100 cm³/mol. The van der Waals surface area contributed by atoms with E-state index in [-0.39, 0.29) is 11.7 Å². The topological polar surface area (TPSA) is 64.6 Å². The molecule has 0 radical (unpaired) electrons. The summed E-state index contributed by atoms with van der Waals surface area (Å²) in [5.74, 6) is 1.20. The second-order valence-electron chi connectivity index (χ2n) is 6.50. The largest absolute Gasteiger partial charge is 0.486 e. The number of aryl methyl sites for hydroxylation is 2. The Bertz CT molecular complexity index is 829. The van der Waals surface area contributed by atoms with E-state index in [9.17, 15) is 9.59 Å². The highest BCUT2D eigenvalue weighted by molar-refractivity contribution is 5.97. The van der Waals surface area contributed by atoms with Gasteiger partial charge in [-0.1, -0.05) is 12.1 Å². The number of carbonyl (C=O) groups excluding carboxylic acids is 2. The molecule has 5 nitrogen and oxygen atoms in total. The van der Waals surface area contributed by atoms with Gasteiger partial charge in [0.2, 0.25) is 5.91 Å².